The second-order valence-electron chi connectivity index (χ2n) is 7.72. The first-order chi connectivity index (χ1) is 15.7. The van der Waals surface area contributed by atoms with E-state index in [1.54, 1.807) is 0 Å². The second kappa shape index (κ2) is 10.6. The van der Waals surface area contributed by atoms with E-state index >= 15 is 0 Å². The minimum absolute atomic E-state index is 0.109. The molecule has 0 radical (unpaired) electrons. The summed E-state index contributed by atoms with van der Waals surface area (Å²) < 4.78 is 27.3. The molecule has 0 unspecified atom stereocenters. The van der Waals surface area contributed by atoms with Crippen LogP contribution < -0.4 is 9.47 Å². The lowest BCUT2D eigenvalue weighted by Crippen LogP contribution is -2.63. The van der Waals surface area contributed by atoms with Gasteiger partial charge in [-0.2, -0.15) is 0 Å². The fraction of sp³-hybridized carbons (Fsp3) is 0.650. The first-order valence-corrected chi connectivity index (χ1v) is 10.1. The maximum atomic E-state index is 11.0. The minimum atomic E-state index is -2.23. The monoisotopic (exact) mass is 476 g/mol. The summed E-state index contributed by atoms with van der Waals surface area (Å²) in [7, 11) is 1.34. The van der Waals surface area contributed by atoms with Crippen molar-refractivity contribution in [2.45, 2.75) is 54.8 Å². The van der Waals surface area contributed by atoms with E-state index in [1.807, 2.05) is 0 Å². The van der Waals surface area contributed by atoms with Crippen LogP contribution >= 0.6 is 0 Å². The molecule has 0 saturated carbocycles. The van der Waals surface area contributed by atoms with Crippen LogP contribution in [0.5, 0.6) is 11.5 Å². The molecule has 0 bridgehead atoms. The van der Waals surface area contributed by atoms with Gasteiger partial charge in [-0.1, -0.05) is 0 Å². The quantitative estimate of drug-likeness (QED) is 0.173. The third-order valence-corrected chi connectivity index (χ3v) is 5.60. The number of carbonyl (C=O) groups excluding carboxylic acids is 1. The van der Waals surface area contributed by atoms with E-state index in [1.165, 1.54) is 25.3 Å². The zero-order valence-electron chi connectivity index (χ0n) is 17.6. The van der Waals surface area contributed by atoms with Gasteiger partial charge in [0.25, 0.3) is 0 Å². The van der Waals surface area contributed by atoms with Crippen molar-refractivity contribution in [3.05, 3.63) is 23.8 Å². The Balaban J connectivity index is 1.88. The Kier molecular flexibility index (Phi) is 8.23. The number of ether oxygens (including phenoxy) is 5. The molecule has 33 heavy (non-hydrogen) atoms. The van der Waals surface area contributed by atoms with Crippen molar-refractivity contribution < 1.29 is 64.2 Å². The van der Waals surface area contributed by atoms with E-state index in [9.17, 15) is 40.5 Å². The number of methoxy groups -OCH3 is 1. The average Bonchev–Trinajstić information content (AvgIpc) is 3.07. The van der Waals surface area contributed by atoms with Gasteiger partial charge in [-0.15, -0.1) is 0 Å². The van der Waals surface area contributed by atoms with Gasteiger partial charge >= 0.3 is 0 Å². The van der Waals surface area contributed by atoms with Crippen LogP contribution in [0.2, 0.25) is 0 Å². The molecule has 13 nitrogen and oxygen atoms in total. The van der Waals surface area contributed by atoms with Gasteiger partial charge < -0.3 is 59.4 Å². The summed E-state index contributed by atoms with van der Waals surface area (Å²) in [6, 6.07) is 4.24. The minimum Gasteiger partial charge on any atom is -0.493 e. The molecule has 2 heterocycles. The fourth-order valence-corrected chi connectivity index (χ4v) is 3.67. The average molecular weight is 476 g/mol. The maximum Gasteiger partial charge on any atom is 0.235 e. The van der Waals surface area contributed by atoms with E-state index in [0.717, 1.165) is 0 Å². The number of aliphatic hydroxyl groups is 7. The molecule has 9 atom stereocenters. The highest BCUT2D eigenvalue weighted by molar-refractivity contribution is 5.76. The van der Waals surface area contributed by atoms with Crippen LogP contribution in [0.3, 0.4) is 0 Å². The first-order valence-electron chi connectivity index (χ1n) is 10.1. The lowest BCUT2D eigenvalue weighted by Gasteiger charge is -2.43. The Labute approximate surface area is 188 Å². The lowest BCUT2D eigenvalue weighted by molar-refractivity contribution is -0.382. The smallest absolute Gasteiger partial charge is 0.235 e. The fourth-order valence-electron chi connectivity index (χ4n) is 3.67. The first kappa shape index (κ1) is 25.7. The molecule has 7 N–H and O–H groups in total. The zero-order chi connectivity index (χ0) is 24.3. The zero-order valence-corrected chi connectivity index (χ0v) is 17.6. The van der Waals surface area contributed by atoms with Crippen LogP contribution in [0.4, 0.5) is 0 Å². The number of carbonyl (C=O) groups is 1. The summed E-state index contributed by atoms with van der Waals surface area (Å²) in [5, 5.41) is 70.1. The molecule has 1 aromatic rings. The molecule has 2 aliphatic heterocycles. The van der Waals surface area contributed by atoms with Crippen LogP contribution in [-0.2, 0) is 14.2 Å². The van der Waals surface area contributed by atoms with Crippen LogP contribution in [-0.4, -0.2) is 124 Å². The van der Waals surface area contributed by atoms with Gasteiger partial charge in [0.1, 0.15) is 55.6 Å². The van der Waals surface area contributed by atoms with E-state index < -0.39 is 74.6 Å². The topological polar surface area (TPSA) is 205 Å². The SMILES string of the molecule is COc1cc(C=O)ccc1OC[C@@]1(O[C@H]2O[C@H](CO)[C@@H](O)[C@H](O)[C@H]2O)O[C@H](CO)[C@@H](O)[C@@H]1O. The molecule has 2 fully saturated rings. The van der Waals surface area contributed by atoms with Gasteiger partial charge in [0, 0.05) is 5.56 Å². The van der Waals surface area contributed by atoms with Gasteiger partial charge in [0.2, 0.25) is 5.79 Å². The van der Waals surface area contributed by atoms with Crippen molar-refractivity contribution in [1.82, 2.24) is 0 Å². The number of hydrogen-bond acceptors (Lipinski definition) is 13. The van der Waals surface area contributed by atoms with Crippen LogP contribution in [0.1, 0.15) is 10.4 Å². The van der Waals surface area contributed by atoms with Crippen molar-refractivity contribution in [2.24, 2.45) is 0 Å². The summed E-state index contributed by atoms with van der Waals surface area (Å²) >= 11 is 0. The Morgan fingerprint density at radius 2 is 1.67 bits per heavy atom. The molecule has 1 aromatic carbocycles. The van der Waals surface area contributed by atoms with Gasteiger partial charge in [-0.05, 0) is 18.2 Å². The van der Waals surface area contributed by atoms with Crippen LogP contribution in [0.25, 0.3) is 0 Å². The predicted octanol–water partition coefficient (Wildman–Crippen LogP) is -3.49. The Hall–Kier alpha value is -1.91. The molecule has 0 amide bonds. The van der Waals surface area contributed by atoms with Crippen LogP contribution in [0.15, 0.2) is 18.2 Å². The van der Waals surface area contributed by atoms with Crippen molar-refractivity contribution in [2.75, 3.05) is 26.9 Å². The molecule has 13 heteroatoms. The molecular formula is C20H28O13. The summed E-state index contributed by atoms with van der Waals surface area (Å²) in [4.78, 5) is 11.0. The summed E-state index contributed by atoms with van der Waals surface area (Å²) in [5.41, 5.74) is 0.305. The molecule has 0 aromatic heterocycles. The second-order valence-corrected chi connectivity index (χ2v) is 7.72. The van der Waals surface area contributed by atoms with Crippen molar-refractivity contribution in [3.63, 3.8) is 0 Å². The Morgan fingerprint density at radius 3 is 2.24 bits per heavy atom. The summed E-state index contributed by atoms with van der Waals surface area (Å²) in [6.07, 6.45) is -12.4. The predicted molar refractivity (Wildman–Crippen MR) is 105 cm³/mol. The highest BCUT2D eigenvalue weighted by Gasteiger charge is 2.59. The highest BCUT2D eigenvalue weighted by Crippen LogP contribution is 2.38. The molecular weight excluding hydrogens is 448 g/mol. The molecule has 0 aliphatic carbocycles. The van der Waals surface area contributed by atoms with Crippen molar-refractivity contribution in [3.8, 4) is 11.5 Å². The number of aliphatic hydroxyl groups excluding tert-OH is 7. The van der Waals surface area contributed by atoms with E-state index in [2.05, 4.69) is 0 Å². The van der Waals surface area contributed by atoms with Crippen molar-refractivity contribution in [1.29, 1.82) is 0 Å². The van der Waals surface area contributed by atoms with E-state index in [-0.39, 0.29) is 11.5 Å². The highest BCUT2D eigenvalue weighted by atomic mass is 16.8. The molecule has 2 saturated heterocycles. The number of aldehydes is 1. The van der Waals surface area contributed by atoms with Gasteiger partial charge in [0.15, 0.2) is 17.8 Å². The van der Waals surface area contributed by atoms with Gasteiger partial charge in [-0.3, -0.25) is 4.79 Å². The number of benzene rings is 1. The summed E-state index contributed by atoms with van der Waals surface area (Å²) in [6.45, 7) is -2.05. The molecule has 2 aliphatic rings. The number of hydrogen-bond donors (Lipinski definition) is 7. The third-order valence-electron chi connectivity index (χ3n) is 5.60. The van der Waals surface area contributed by atoms with Crippen LogP contribution in [0, 0.1) is 0 Å². The Morgan fingerprint density at radius 1 is 0.970 bits per heavy atom. The van der Waals surface area contributed by atoms with E-state index in [0.29, 0.717) is 11.8 Å². The normalized spacial score (nSPS) is 38.8. The maximum absolute atomic E-state index is 11.0. The molecule has 3 rings (SSSR count). The summed E-state index contributed by atoms with van der Waals surface area (Å²) in [5.74, 6) is -1.96. The van der Waals surface area contributed by atoms with Gasteiger partial charge in [-0.25, -0.2) is 0 Å². The standard InChI is InChI=1S/C20H28O13/c1-29-11-4-9(5-21)2-3-10(11)30-8-20(18(28)15(25)13(7-23)32-20)33-19-17(27)16(26)14(24)12(6-22)31-19/h2-5,12-19,22-28H,6-8H2,1H3/t12-,13-,14-,15-,16+,17-,18+,19-,20+/m1/s1. The lowest BCUT2D eigenvalue weighted by atomic mass is 9.99. The largest absolute Gasteiger partial charge is 0.493 e. The Bertz CT molecular complexity index is 804. The van der Waals surface area contributed by atoms with Crippen molar-refractivity contribution >= 4 is 6.29 Å². The number of rotatable bonds is 9. The molecule has 186 valence electrons. The molecule has 0 spiro atoms. The third kappa shape index (κ3) is 4.97. The van der Waals surface area contributed by atoms with E-state index in [4.69, 9.17) is 23.7 Å². The van der Waals surface area contributed by atoms with Gasteiger partial charge in [0.05, 0.1) is 20.3 Å².